The molecule has 0 radical (unpaired) electrons. The molecule has 0 aliphatic carbocycles. The van der Waals surface area contributed by atoms with Crippen molar-refractivity contribution in [2.75, 3.05) is 10.5 Å². The summed E-state index contributed by atoms with van der Waals surface area (Å²) in [6.45, 7) is 0. The predicted octanol–water partition coefficient (Wildman–Crippen LogP) is 1.93. The summed E-state index contributed by atoms with van der Waals surface area (Å²) in [4.78, 5) is 11.1. The summed E-state index contributed by atoms with van der Waals surface area (Å²) in [5.41, 5.74) is 11.5. The summed E-state index contributed by atoms with van der Waals surface area (Å²) in [6, 6.07) is 10.4. The molecule has 8 heteroatoms. The first-order valence-electron chi connectivity index (χ1n) is 5.77. The van der Waals surface area contributed by atoms with Gasteiger partial charge in [-0.15, -0.1) is 0 Å². The number of hydrogen-bond donors (Lipinski definition) is 3. The van der Waals surface area contributed by atoms with Crippen molar-refractivity contribution in [2.24, 2.45) is 5.73 Å². The summed E-state index contributed by atoms with van der Waals surface area (Å²) >= 11 is 3.17. The number of nitrogen functional groups attached to an aromatic ring is 1. The van der Waals surface area contributed by atoms with E-state index in [4.69, 9.17) is 11.5 Å². The Kier molecular flexibility index (Phi) is 4.19. The molecule has 0 aromatic heterocycles. The van der Waals surface area contributed by atoms with Gasteiger partial charge in [-0.05, 0) is 52.3 Å². The lowest BCUT2D eigenvalue weighted by Crippen LogP contribution is -2.15. The summed E-state index contributed by atoms with van der Waals surface area (Å²) < 4.78 is 27.4. The molecule has 1 amide bonds. The number of amides is 1. The first-order chi connectivity index (χ1) is 9.79. The Hall–Kier alpha value is -2.06. The molecule has 2 aromatic rings. The highest BCUT2D eigenvalue weighted by atomic mass is 79.9. The maximum Gasteiger partial charge on any atom is 0.263 e. The summed E-state index contributed by atoms with van der Waals surface area (Å²) in [5, 5.41) is 0. The molecule has 0 bridgehead atoms. The van der Waals surface area contributed by atoms with E-state index in [9.17, 15) is 13.2 Å². The molecule has 0 aliphatic rings. The third-order valence-electron chi connectivity index (χ3n) is 2.64. The summed E-state index contributed by atoms with van der Waals surface area (Å²) in [6.07, 6.45) is 0. The van der Waals surface area contributed by atoms with Crippen LogP contribution < -0.4 is 16.2 Å². The zero-order valence-electron chi connectivity index (χ0n) is 10.7. The largest absolute Gasteiger partial charge is 0.399 e. The fraction of sp³-hybridized carbons (Fsp3) is 0. The van der Waals surface area contributed by atoms with Crippen LogP contribution in [-0.4, -0.2) is 14.3 Å². The highest BCUT2D eigenvalue weighted by Crippen LogP contribution is 2.26. The van der Waals surface area contributed by atoms with Crippen LogP contribution in [-0.2, 0) is 10.0 Å². The Morgan fingerprint density at radius 3 is 2.52 bits per heavy atom. The summed E-state index contributed by atoms with van der Waals surface area (Å²) in [7, 11) is -3.84. The molecule has 110 valence electrons. The fourth-order valence-electron chi connectivity index (χ4n) is 1.67. The van der Waals surface area contributed by atoms with E-state index >= 15 is 0 Å². The average Bonchev–Trinajstić information content (AvgIpc) is 2.41. The van der Waals surface area contributed by atoms with Gasteiger partial charge in [-0.25, -0.2) is 8.42 Å². The molecule has 0 saturated carbocycles. The number of sulfonamides is 1. The van der Waals surface area contributed by atoms with Crippen LogP contribution in [0.1, 0.15) is 10.4 Å². The van der Waals surface area contributed by atoms with Gasteiger partial charge in [-0.3, -0.25) is 9.52 Å². The highest BCUT2D eigenvalue weighted by molar-refractivity contribution is 9.10. The minimum atomic E-state index is -3.84. The van der Waals surface area contributed by atoms with Crippen LogP contribution in [0.2, 0.25) is 0 Å². The maximum absolute atomic E-state index is 12.3. The molecular formula is C13H12BrN3O3S. The van der Waals surface area contributed by atoms with Gasteiger partial charge >= 0.3 is 0 Å². The maximum atomic E-state index is 12.3. The lowest BCUT2D eigenvalue weighted by atomic mass is 10.2. The Bertz CT molecular complexity index is 806. The van der Waals surface area contributed by atoms with Crippen LogP contribution in [0, 0.1) is 0 Å². The van der Waals surface area contributed by atoms with Crippen LogP contribution in [0.15, 0.2) is 51.8 Å². The minimum absolute atomic E-state index is 0.00646. The highest BCUT2D eigenvalue weighted by Gasteiger charge is 2.18. The zero-order valence-corrected chi connectivity index (χ0v) is 13.1. The van der Waals surface area contributed by atoms with E-state index < -0.39 is 15.9 Å². The second-order valence-electron chi connectivity index (χ2n) is 4.24. The first kappa shape index (κ1) is 15.3. The number of anilines is 2. The van der Waals surface area contributed by atoms with E-state index in [-0.39, 0.29) is 16.1 Å². The van der Waals surface area contributed by atoms with Crippen molar-refractivity contribution in [3.63, 3.8) is 0 Å². The van der Waals surface area contributed by atoms with Crippen molar-refractivity contribution in [3.05, 3.63) is 52.5 Å². The number of benzene rings is 2. The third-order valence-corrected chi connectivity index (χ3v) is 5.02. The molecular weight excluding hydrogens is 358 g/mol. The number of primary amides is 1. The van der Waals surface area contributed by atoms with Crippen molar-refractivity contribution < 1.29 is 13.2 Å². The Morgan fingerprint density at radius 2 is 1.86 bits per heavy atom. The number of halogens is 1. The fourth-order valence-corrected chi connectivity index (χ4v) is 3.72. The van der Waals surface area contributed by atoms with Gasteiger partial charge in [0.15, 0.2) is 0 Å². The number of carbonyl (C=O) groups is 1. The van der Waals surface area contributed by atoms with Gasteiger partial charge in [0.2, 0.25) is 5.91 Å². The SMILES string of the molecule is NC(=O)c1cccc(NS(=O)(=O)c2cc(N)ccc2Br)c1. The minimum Gasteiger partial charge on any atom is -0.399 e. The normalized spacial score (nSPS) is 11.1. The molecule has 0 fully saturated rings. The van der Waals surface area contributed by atoms with Gasteiger partial charge in [0.1, 0.15) is 4.90 Å². The Morgan fingerprint density at radius 1 is 1.14 bits per heavy atom. The molecule has 0 heterocycles. The quantitative estimate of drug-likeness (QED) is 0.713. The van der Waals surface area contributed by atoms with E-state index in [0.29, 0.717) is 10.2 Å². The molecule has 0 atom stereocenters. The van der Waals surface area contributed by atoms with Crippen LogP contribution in [0.4, 0.5) is 11.4 Å². The molecule has 6 nitrogen and oxygen atoms in total. The van der Waals surface area contributed by atoms with E-state index in [1.165, 1.54) is 30.3 Å². The molecule has 0 aliphatic heterocycles. The van der Waals surface area contributed by atoms with Gasteiger partial charge in [-0.2, -0.15) is 0 Å². The molecule has 0 unspecified atom stereocenters. The number of rotatable bonds is 4. The predicted molar refractivity (Wildman–Crippen MR) is 84.3 cm³/mol. The zero-order chi connectivity index (χ0) is 15.6. The topological polar surface area (TPSA) is 115 Å². The Balaban J connectivity index is 2.40. The number of nitrogens with one attached hydrogen (secondary N) is 1. The van der Waals surface area contributed by atoms with Crippen molar-refractivity contribution in [2.45, 2.75) is 4.90 Å². The van der Waals surface area contributed by atoms with Gasteiger partial charge in [0.25, 0.3) is 10.0 Å². The number of nitrogens with two attached hydrogens (primary N) is 2. The molecule has 0 spiro atoms. The second-order valence-corrected chi connectivity index (χ2v) is 6.75. The Labute approximate surface area is 130 Å². The van der Waals surface area contributed by atoms with E-state index in [2.05, 4.69) is 20.7 Å². The van der Waals surface area contributed by atoms with E-state index in [1.54, 1.807) is 12.1 Å². The monoisotopic (exact) mass is 369 g/mol. The number of carbonyl (C=O) groups excluding carboxylic acids is 1. The first-order valence-corrected chi connectivity index (χ1v) is 8.05. The van der Waals surface area contributed by atoms with Gasteiger partial charge in [0.05, 0.1) is 0 Å². The van der Waals surface area contributed by atoms with Gasteiger partial charge in [0, 0.05) is 21.4 Å². The standard InChI is InChI=1S/C13H12BrN3O3S/c14-11-5-4-9(15)7-12(11)21(19,20)17-10-3-1-2-8(6-10)13(16)18/h1-7,17H,15H2,(H2,16,18). The van der Waals surface area contributed by atoms with Gasteiger partial charge < -0.3 is 11.5 Å². The molecule has 2 aromatic carbocycles. The van der Waals surface area contributed by atoms with Crippen molar-refractivity contribution >= 4 is 43.2 Å². The molecule has 0 saturated heterocycles. The average molecular weight is 370 g/mol. The van der Waals surface area contributed by atoms with Crippen LogP contribution in [0.3, 0.4) is 0 Å². The van der Waals surface area contributed by atoms with E-state index in [1.807, 2.05) is 0 Å². The molecule has 5 N–H and O–H groups in total. The van der Waals surface area contributed by atoms with Crippen LogP contribution in [0.25, 0.3) is 0 Å². The van der Waals surface area contributed by atoms with Crippen LogP contribution >= 0.6 is 15.9 Å². The molecule has 2 rings (SSSR count). The number of hydrogen-bond acceptors (Lipinski definition) is 4. The van der Waals surface area contributed by atoms with Crippen molar-refractivity contribution in [1.29, 1.82) is 0 Å². The smallest absolute Gasteiger partial charge is 0.263 e. The molecule has 21 heavy (non-hydrogen) atoms. The second kappa shape index (κ2) is 5.74. The lowest BCUT2D eigenvalue weighted by molar-refractivity contribution is 0.100. The third kappa shape index (κ3) is 3.53. The summed E-state index contributed by atoms with van der Waals surface area (Å²) in [5.74, 6) is -0.638. The van der Waals surface area contributed by atoms with Crippen LogP contribution in [0.5, 0.6) is 0 Å². The van der Waals surface area contributed by atoms with Crippen molar-refractivity contribution in [3.8, 4) is 0 Å². The van der Waals surface area contributed by atoms with E-state index in [0.717, 1.165) is 0 Å². The lowest BCUT2D eigenvalue weighted by Gasteiger charge is -2.11. The van der Waals surface area contributed by atoms with Gasteiger partial charge in [-0.1, -0.05) is 6.07 Å². The van der Waals surface area contributed by atoms with Crippen molar-refractivity contribution in [1.82, 2.24) is 0 Å².